The van der Waals surface area contributed by atoms with Gasteiger partial charge in [0, 0.05) is 25.1 Å². The third-order valence-electron chi connectivity index (χ3n) is 7.24. The Kier molecular flexibility index (Phi) is 5.87. The maximum Gasteiger partial charge on any atom is 0.355 e. The van der Waals surface area contributed by atoms with E-state index in [4.69, 9.17) is 9.47 Å². The normalized spacial score (nSPS) is 23.8. The lowest BCUT2D eigenvalue weighted by Gasteiger charge is -2.36. The second-order valence-electron chi connectivity index (χ2n) is 9.32. The van der Waals surface area contributed by atoms with E-state index >= 15 is 0 Å². The Morgan fingerprint density at radius 1 is 1.17 bits per heavy atom. The summed E-state index contributed by atoms with van der Waals surface area (Å²) < 4.78 is 40.1. The molecule has 0 amide bonds. The number of benzene rings is 1. The van der Waals surface area contributed by atoms with Gasteiger partial charge in [-0.1, -0.05) is 24.6 Å². The molecule has 2 aromatic rings. The third-order valence-corrected chi connectivity index (χ3v) is 9.16. The van der Waals surface area contributed by atoms with Crippen LogP contribution in [0.15, 0.2) is 40.0 Å². The monoisotopic (exact) mass is 514 g/mol. The van der Waals surface area contributed by atoms with Crippen LogP contribution in [0.4, 0.5) is 0 Å². The van der Waals surface area contributed by atoms with Crippen molar-refractivity contribution in [2.75, 3.05) is 6.54 Å². The van der Waals surface area contributed by atoms with Crippen LogP contribution < -0.4 is 5.56 Å². The first-order valence-corrected chi connectivity index (χ1v) is 13.3. The average Bonchev–Trinajstić information content (AvgIpc) is 3.50. The number of carbonyl (C=O) groups is 3. The summed E-state index contributed by atoms with van der Waals surface area (Å²) in [6.45, 7) is 3.51. The smallest absolute Gasteiger partial charge is 0.355 e. The van der Waals surface area contributed by atoms with Gasteiger partial charge in [-0.05, 0) is 44.4 Å². The van der Waals surface area contributed by atoms with E-state index in [1.54, 1.807) is 19.1 Å². The number of hydrogen-bond donors (Lipinski definition) is 0. The molecule has 10 nitrogen and oxygen atoms in total. The fraction of sp³-hybridized carbons (Fsp3) is 0.440. The molecule has 0 spiro atoms. The summed E-state index contributed by atoms with van der Waals surface area (Å²) in [5.41, 5.74) is -1.08. The molecule has 1 saturated heterocycles. The summed E-state index contributed by atoms with van der Waals surface area (Å²) >= 11 is 0. The van der Waals surface area contributed by atoms with Crippen LogP contribution in [0, 0.1) is 6.92 Å². The lowest BCUT2D eigenvalue weighted by atomic mass is 9.85. The Labute approximate surface area is 207 Å². The Hall–Kier alpha value is -3.31. The van der Waals surface area contributed by atoms with Crippen molar-refractivity contribution in [3.8, 4) is 0 Å². The van der Waals surface area contributed by atoms with E-state index in [9.17, 15) is 27.6 Å². The molecule has 0 aliphatic carbocycles. The summed E-state index contributed by atoms with van der Waals surface area (Å²) in [5, 5.41) is 0. The predicted octanol–water partition coefficient (Wildman–Crippen LogP) is 1.80. The third kappa shape index (κ3) is 3.60. The van der Waals surface area contributed by atoms with E-state index in [2.05, 4.69) is 0 Å². The molecule has 0 radical (unpaired) electrons. The maximum atomic E-state index is 13.5. The highest BCUT2D eigenvalue weighted by atomic mass is 32.2. The van der Waals surface area contributed by atoms with Gasteiger partial charge in [-0.3, -0.25) is 14.4 Å². The molecular weight excluding hydrogens is 488 g/mol. The topological polar surface area (TPSA) is 129 Å². The largest absolute Gasteiger partial charge is 0.457 e. The number of esters is 2. The van der Waals surface area contributed by atoms with Crippen LogP contribution in [-0.4, -0.2) is 47.6 Å². The Bertz CT molecular complexity index is 1440. The van der Waals surface area contributed by atoms with Crippen LogP contribution in [0.2, 0.25) is 0 Å². The minimum Gasteiger partial charge on any atom is -0.457 e. The first-order valence-electron chi connectivity index (χ1n) is 11.9. The van der Waals surface area contributed by atoms with Crippen molar-refractivity contribution < 1.29 is 32.3 Å². The van der Waals surface area contributed by atoms with Gasteiger partial charge in [-0.25, -0.2) is 13.2 Å². The summed E-state index contributed by atoms with van der Waals surface area (Å²) in [6.07, 6.45) is 0.768. The molecule has 5 rings (SSSR count). The van der Waals surface area contributed by atoms with Crippen LogP contribution in [0.25, 0.3) is 0 Å². The van der Waals surface area contributed by atoms with Gasteiger partial charge in [0.1, 0.15) is 12.6 Å². The quantitative estimate of drug-likeness (QED) is 0.553. The Morgan fingerprint density at radius 3 is 2.58 bits per heavy atom. The van der Waals surface area contributed by atoms with Crippen LogP contribution in [0.1, 0.15) is 59.8 Å². The highest BCUT2D eigenvalue weighted by Gasteiger charge is 2.52. The molecule has 2 atom stereocenters. The number of nitrogens with zero attached hydrogens (tertiary/aromatic N) is 2. The lowest BCUT2D eigenvalue weighted by Crippen LogP contribution is -2.51. The molecule has 36 heavy (non-hydrogen) atoms. The number of hydrogen-bond acceptors (Lipinski definition) is 8. The van der Waals surface area contributed by atoms with Gasteiger partial charge >= 0.3 is 11.9 Å². The number of cyclic esters (lactones) is 1. The number of aryl methyl sites for hydroxylation is 1. The van der Waals surface area contributed by atoms with Gasteiger partial charge in [0.05, 0.1) is 16.2 Å². The maximum absolute atomic E-state index is 13.5. The van der Waals surface area contributed by atoms with Gasteiger partial charge in [-0.2, -0.15) is 4.31 Å². The minimum absolute atomic E-state index is 0.0565. The van der Waals surface area contributed by atoms with E-state index in [0.717, 1.165) is 9.87 Å². The number of rotatable bonds is 5. The van der Waals surface area contributed by atoms with Gasteiger partial charge in [0.25, 0.3) is 5.56 Å². The fourth-order valence-corrected chi connectivity index (χ4v) is 6.85. The van der Waals surface area contributed by atoms with Crippen LogP contribution in [-0.2, 0) is 47.8 Å². The van der Waals surface area contributed by atoms with E-state index < -0.39 is 39.2 Å². The zero-order chi connectivity index (χ0) is 25.8. The van der Waals surface area contributed by atoms with Crippen molar-refractivity contribution in [1.82, 2.24) is 8.87 Å². The van der Waals surface area contributed by atoms with E-state index in [0.29, 0.717) is 6.42 Å². The number of sulfonamides is 1. The minimum atomic E-state index is -3.99. The second-order valence-corrected chi connectivity index (χ2v) is 11.2. The first-order chi connectivity index (χ1) is 17.1. The standard InChI is InChI=1S/C25H26N2O8S/c1-3-25(18-13-20-21(28)10-12-26(20)22(29)17(18)14-34-24(25)31)35-23(30)19-5-4-11-27(19)36(32,33)16-8-6-15(2)7-9-16/h6-9,13,19H,3-5,10-12,14H2,1-2H3/t19-,25+/m1/s1. The molecule has 0 N–H and O–H groups in total. The van der Waals surface area contributed by atoms with E-state index in [1.807, 2.05) is 6.92 Å². The van der Waals surface area contributed by atoms with E-state index in [-0.39, 0.29) is 66.5 Å². The second kappa shape index (κ2) is 8.67. The number of fused-ring (bicyclic) bond motifs is 2. The highest BCUT2D eigenvalue weighted by molar-refractivity contribution is 7.89. The predicted molar refractivity (Wildman–Crippen MR) is 126 cm³/mol. The SMILES string of the molecule is CC[C@@]1(OC(=O)[C@H]2CCCN2S(=O)(=O)c2ccc(C)cc2)C(=O)OCc2c1cc1n(c2=O)CCC1=O. The number of carbonyl (C=O) groups excluding carboxylic acids is 3. The van der Waals surface area contributed by atoms with Crippen molar-refractivity contribution >= 4 is 27.7 Å². The fourth-order valence-electron chi connectivity index (χ4n) is 5.20. The zero-order valence-corrected chi connectivity index (χ0v) is 20.8. The van der Waals surface area contributed by atoms with Gasteiger partial charge in [0.15, 0.2) is 5.78 Å². The average molecular weight is 515 g/mol. The highest BCUT2D eigenvalue weighted by Crippen LogP contribution is 2.39. The Morgan fingerprint density at radius 2 is 1.89 bits per heavy atom. The number of ketones is 1. The number of ether oxygens (including phenoxy) is 2. The number of pyridine rings is 1. The molecule has 0 saturated carbocycles. The Balaban J connectivity index is 1.52. The van der Waals surface area contributed by atoms with Crippen molar-refractivity contribution in [2.24, 2.45) is 0 Å². The summed E-state index contributed by atoms with van der Waals surface area (Å²) in [5.74, 6) is -2.00. The molecular formula is C25H26N2O8S. The molecule has 4 heterocycles. The molecule has 0 unspecified atom stereocenters. The van der Waals surface area contributed by atoms with Crippen molar-refractivity contribution in [3.05, 3.63) is 63.1 Å². The summed E-state index contributed by atoms with van der Waals surface area (Å²) in [6, 6.07) is 6.62. The summed E-state index contributed by atoms with van der Waals surface area (Å²) in [4.78, 5) is 52.0. The van der Waals surface area contributed by atoms with Gasteiger partial charge < -0.3 is 14.0 Å². The van der Waals surface area contributed by atoms with Crippen molar-refractivity contribution in [1.29, 1.82) is 0 Å². The van der Waals surface area contributed by atoms with Crippen molar-refractivity contribution in [2.45, 2.75) is 69.2 Å². The summed E-state index contributed by atoms with van der Waals surface area (Å²) in [7, 11) is -3.99. The van der Waals surface area contributed by atoms with Gasteiger partial charge in [0.2, 0.25) is 15.6 Å². The molecule has 190 valence electrons. The van der Waals surface area contributed by atoms with Crippen LogP contribution >= 0.6 is 0 Å². The zero-order valence-electron chi connectivity index (χ0n) is 20.0. The van der Waals surface area contributed by atoms with Crippen LogP contribution in [0.3, 0.4) is 0 Å². The number of aromatic nitrogens is 1. The molecule has 1 aromatic heterocycles. The molecule has 0 bridgehead atoms. The van der Waals surface area contributed by atoms with Crippen molar-refractivity contribution in [3.63, 3.8) is 0 Å². The number of Topliss-reactive ketones (excluding diaryl/α,β-unsaturated/α-hetero) is 1. The molecule has 3 aliphatic heterocycles. The molecule has 1 fully saturated rings. The molecule has 3 aliphatic rings. The lowest BCUT2D eigenvalue weighted by molar-refractivity contribution is -0.191. The van der Waals surface area contributed by atoms with E-state index in [1.165, 1.54) is 22.8 Å². The van der Waals surface area contributed by atoms with Gasteiger partial charge in [-0.15, -0.1) is 0 Å². The first kappa shape index (κ1) is 24.4. The molecule has 11 heteroatoms. The molecule has 1 aromatic carbocycles. The van der Waals surface area contributed by atoms with Crippen LogP contribution in [0.5, 0.6) is 0 Å².